The van der Waals surface area contributed by atoms with Gasteiger partial charge in [-0.05, 0) is 26.0 Å². The zero-order valence-corrected chi connectivity index (χ0v) is 15.2. The smallest absolute Gasteiger partial charge is 0.258 e. The first kappa shape index (κ1) is 20.4. The third-order valence-corrected chi connectivity index (χ3v) is 4.72. The number of benzene rings is 2. The predicted octanol–water partition coefficient (Wildman–Crippen LogP) is 3.60. The van der Waals surface area contributed by atoms with Crippen molar-refractivity contribution in [1.29, 1.82) is 0 Å². The molecular formula is C16H16N2O8S. The Morgan fingerprint density at radius 2 is 1.11 bits per heavy atom. The van der Waals surface area contributed by atoms with E-state index in [0.717, 1.165) is 0 Å². The van der Waals surface area contributed by atoms with Gasteiger partial charge in [0.2, 0.25) is 0 Å². The molecule has 0 aromatic heterocycles. The molecule has 0 heterocycles. The van der Waals surface area contributed by atoms with Gasteiger partial charge in [0.25, 0.3) is 11.4 Å². The van der Waals surface area contributed by atoms with Crippen LogP contribution in [-0.2, 0) is 18.8 Å². The Kier molecular flexibility index (Phi) is 6.20. The third kappa shape index (κ3) is 5.06. The Hall–Kier alpha value is -2.89. The average Bonchev–Trinajstić information content (AvgIpc) is 2.60. The maximum Gasteiger partial charge on any atom is 0.401 e. The van der Waals surface area contributed by atoms with Gasteiger partial charge in [-0.1, -0.05) is 24.3 Å². The number of nitro benzene ring substituents is 2. The second-order valence-corrected chi connectivity index (χ2v) is 6.72. The summed E-state index contributed by atoms with van der Waals surface area (Å²) in [5.74, 6) is 0. The minimum absolute atomic E-state index is 0.0491. The van der Waals surface area contributed by atoms with E-state index < -0.39 is 32.5 Å². The number of rotatable bonds is 8. The van der Waals surface area contributed by atoms with Gasteiger partial charge in [0.05, 0.1) is 21.0 Å². The van der Waals surface area contributed by atoms with Gasteiger partial charge in [0, 0.05) is 12.1 Å². The molecule has 2 atom stereocenters. The lowest BCUT2D eigenvalue weighted by Gasteiger charge is -2.16. The molecule has 0 saturated carbocycles. The topological polar surface area (TPSA) is 139 Å². The van der Waals surface area contributed by atoms with Crippen molar-refractivity contribution >= 4 is 21.8 Å². The van der Waals surface area contributed by atoms with E-state index in [-0.39, 0.29) is 22.5 Å². The molecule has 0 aliphatic carbocycles. The highest BCUT2D eigenvalue weighted by molar-refractivity contribution is 7.81. The summed E-state index contributed by atoms with van der Waals surface area (Å²) >= 11 is 0. The van der Waals surface area contributed by atoms with Crippen LogP contribution in [0.3, 0.4) is 0 Å². The fourth-order valence-corrected chi connectivity index (χ4v) is 3.43. The van der Waals surface area contributed by atoms with Crippen LogP contribution in [0.15, 0.2) is 48.5 Å². The zero-order valence-electron chi connectivity index (χ0n) is 14.3. The first-order valence-electron chi connectivity index (χ1n) is 7.70. The molecule has 27 heavy (non-hydrogen) atoms. The first-order chi connectivity index (χ1) is 12.6. The summed E-state index contributed by atoms with van der Waals surface area (Å²) in [7, 11) is -4.61. The Morgan fingerprint density at radius 1 is 0.778 bits per heavy atom. The van der Waals surface area contributed by atoms with Crippen LogP contribution in [0.2, 0.25) is 0 Å². The molecule has 2 unspecified atom stereocenters. The molecule has 0 aliphatic rings. The Bertz CT molecular complexity index is 889. The Balaban J connectivity index is 2.20. The third-order valence-electron chi connectivity index (χ3n) is 3.67. The SMILES string of the molecule is CC(OS(=O)(=O)OC(C)c1ccccc1[N+](=O)[O-])c1ccccc1[N+](=O)[O-]. The van der Waals surface area contributed by atoms with Crippen LogP contribution in [0.4, 0.5) is 11.4 Å². The molecular weight excluding hydrogens is 380 g/mol. The van der Waals surface area contributed by atoms with Crippen LogP contribution in [0.25, 0.3) is 0 Å². The van der Waals surface area contributed by atoms with Crippen LogP contribution in [0.5, 0.6) is 0 Å². The van der Waals surface area contributed by atoms with E-state index in [9.17, 15) is 28.6 Å². The number of hydrogen-bond donors (Lipinski definition) is 0. The summed E-state index contributed by atoms with van der Waals surface area (Å²) in [6.07, 6.45) is -2.40. The fourth-order valence-electron chi connectivity index (χ4n) is 2.48. The van der Waals surface area contributed by atoms with Crippen LogP contribution in [-0.4, -0.2) is 18.3 Å². The van der Waals surface area contributed by atoms with E-state index >= 15 is 0 Å². The van der Waals surface area contributed by atoms with Gasteiger partial charge in [-0.2, -0.15) is 8.42 Å². The van der Waals surface area contributed by atoms with Gasteiger partial charge in [0.1, 0.15) is 12.2 Å². The summed E-state index contributed by atoms with van der Waals surface area (Å²) in [5.41, 5.74) is -0.500. The maximum absolute atomic E-state index is 12.2. The van der Waals surface area contributed by atoms with Crippen molar-refractivity contribution in [1.82, 2.24) is 0 Å². The van der Waals surface area contributed by atoms with Crippen molar-refractivity contribution in [3.8, 4) is 0 Å². The van der Waals surface area contributed by atoms with Crippen molar-refractivity contribution < 1.29 is 26.6 Å². The molecule has 0 fully saturated rings. The van der Waals surface area contributed by atoms with E-state index in [2.05, 4.69) is 0 Å². The highest BCUT2D eigenvalue weighted by Gasteiger charge is 2.28. The van der Waals surface area contributed by atoms with Crippen molar-refractivity contribution in [2.75, 3.05) is 0 Å². The summed E-state index contributed by atoms with van der Waals surface area (Å²) in [6.45, 7) is 2.64. The van der Waals surface area contributed by atoms with Crippen LogP contribution in [0, 0.1) is 20.2 Å². The average molecular weight is 396 g/mol. The zero-order chi connectivity index (χ0) is 20.2. The van der Waals surface area contributed by atoms with Crippen molar-refractivity contribution in [2.45, 2.75) is 26.1 Å². The lowest BCUT2D eigenvalue weighted by Crippen LogP contribution is -2.16. The standard InChI is InChI=1S/C16H16N2O8S/c1-11(13-7-3-5-9-15(13)17(19)20)25-27(23,24)26-12(2)14-8-4-6-10-16(14)18(21)22/h3-12H,1-2H3. The quantitative estimate of drug-likeness (QED) is 0.487. The molecule has 0 amide bonds. The monoisotopic (exact) mass is 396 g/mol. The summed E-state index contributed by atoms with van der Waals surface area (Å²) in [4.78, 5) is 20.8. The molecule has 0 bridgehead atoms. The van der Waals surface area contributed by atoms with E-state index in [1.807, 2.05) is 0 Å². The molecule has 2 rings (SSSR count). The van der Waals surface area contributed by atoms with E-state index in [4.69, 9.17) is 8.37 Å². The molecule has 0 aliphatic heterocycles. The number of hydrogen-bond acceptors (Lipinski definition) is 8. The van der Waals surface area contributed by atoms with Gasteiger partial charge in [0.15, 0.2) is 0 Å². The maximum atomic E-state index is 12.2. The predicted molar refractivity (Wildman–Crippen MR) is 94.1 cm³/mol. The largest absolute Gasteiger partial charge is 0.401 e. The van der Waals surface area contributed by atoms with Crippen LogP contribution in [0.1, 0.15) is 37.2 Å². The normalized spacial score (nSPS) is 13.7. The van der Waals surface area contributed by atoms with E-state index in [1.54, 1.807) is 0 Å². The number of nitro groups is 2. The molecule has 144 valence electrons. The van der Waals surface area contributed by atoms with E-state index in [0.29, 0.717) is 0 Å². The summed E-state index contributed by atoms with van der Waals surface area (Å²) in [6, 6.07) is 11.1. The first-order valence-corrected chi connectivity index (χ1v) is 9.04. The van der Waals surface area contributed by atoms with Gasteiger partial charge >= 0.3 is 10.4 Å². The molecule has 0 spiro atoms. The Labute approximate surface area is 155 Å². The van der Waals surface area contributed by atoms with Crippen LogP contribution < -0.4 is 0 Å². The van der Waals surface area contributed by atoms with Gasteiger partial charge in [-0.15, -0.1) is 0 Å². The Morgan fingerprint density at radius 3 is 1.44 bits per heavy atom. The van der Waals surface area contributed by atoms with Crippen molar-refractivity contribution in [3.63, 3.8) is 0 Å². The molecule has 10 nitrogen and oxygen atoms in total. The lowest BCUT2D eigenvalue weighted by atomic mass is 10.1. The molecule has 11 heteroatoms. The van der Waals surface area contributed by atoms with Crippen LogP contribution >= 0.6 is 0 Å². The molecule has 2 aromatic carbocycles. The fraction of sp³-hybridized carbons (Fsp3) is 0.250. The molecule has 2 aromatic rings. The molecule has 0 saturated heterocycles. The summed E-state index contributed by atoms with van der Waals surface area (Å²) in [5, 5.41) is 22.1. The number of nitrogens with zero attached hydrogens (tertiary/aromatic N) is 2. The minimum Gasteiger partial charge on any atom is -0.258 e. The van der Waals surface area contributed by atoms with Gasteiger partial charge in [-0.3, -0.25) is 20.2 Å². The van der Waals surface area contributed by atoms with Gasteiger partial charge < -0.3 is 0 Å². The second kappa shape index (κ2) is 8.20. The van der Waals surface area contributed by atoms with Crippen molar-refractivity contribution in [2.24, 2.45) is 0 Å². The highest BCUT2D eigenvalue weighted by atomic mass is 32.3. The van der Waals surface area contributed by atoms with Gasteiger partial charge in [-0.25, -0.2) is 8.37 Å². The lowest BCUT2D eigenvalue weighted by molar-refractivity contribution is -0.386. The van der Waals surface area contributed by atoms with E-state index in [1.165, 1.54) is 62.4 Å². The molecule has 0 radical (unpaired) electrons. The van der Waals surface area contributed by atoms with Crippen molar-refractivity contribution in [3.05, 3.63) is 79.9 Å². The second-order valence-electron chi connectivity index (χ2n) is 5.52. The summed E-state index contributed by atoms with van der Waals surface area (Å²) < 4.78 is 34.1. The number of para-hydroxylation sites is 2. The minimum atomic E-state index is -4.61. The highest BCUT2D eigenvalue weighted by Crippen LogP contribution is 2.32. The molecule has 0 N–H and O–H groups in total.